The molecule has 1 aliphatic rings. The van der Waals surface area contributed by atoms with Crippen molar-refractivity contribution in [3.8, 4) is 0 Å². The molecule has 1 aromatic rings. The van der Waals surface area contributed by atoms with Gasteiger partial charge in [0.15, 0.2) is 0 Å². The molecule has 0 spiro atoms. The number of hydrogen-bond donors (Lipinski definition) is 1. The number of aliphatic hydroxyl groups excluding tert-OH is 1. The number of thiophene rings is 1. The lowest BCUT2D eigenvalue weighted by molar-refractivity contribution is 0.160. The molecule has 0 aliphatic carbocycles. The monoisotopic (exact) mass is 332 g/mol. The molecule has 1 fully saturated rings. The molecule has 1 aliphatic heterocycles. The first-order valence-corrected chi connectivity index (χ1v) is 9.59. The smallest absolute Gasteiger partial charge is 0.281 e. The number of likely N-dealkylation sites (N-methyl/N-ethyl adjacent to an activating group) is 1. The highest BCUT2D eigenvalue weighted by Gasteiger charge is 2.33. The van der Waals surface area contributed by atoms with E-state index in [-0.39, 0.29) is 18.6 Å². The van der Waals surface area contributed by atoms with Crippen LogP contribution in [0, 0.1) is 5.92 Å². The van der Waals surface area contributed by atoms with Crippen molar-refractivity contribution in [2.24, 2.45) is 5.92 Å². The zero-order valence-corrected chi connectivity index (χ0v) is 14.2. The zero-order valence-electron chi connectivity index (χ0n) is 12.6. The Hall–Kier alpha value is -0.470. The Labute approximate surface area is 131 Å². The molecule has 120 valence electrons. The normalized spacial score (nSPS) is 22.6. The van der Waals surface area contributed by atoms with E-state index in [0.717, 1.165) is 19.3 Å². The summed E-state index contributed by atoms with van der Waals surface area (Å²) in [5.74, 6) is 0.0644. The summed E-state index contributed by atoms with van der Waals surface area (Å²) in [7, 11) is -1.80. The van der Waals surface area contributed by atoms with Gasteiger partial charge in [-0.3, -0.25) is 0 Å². The summed E-state index contributed by atoms with van der Waals surface area (Å²) in [6.45, 7) is 2.97. The topological polar surface area (TPSA) is 60.9 Å². The van der Waals surface area contributed by atoms with Gasteiger partial charge in [0, 0.05) is 37.7 Å². The minimum atomic E-state index is -3.45. The fourth-order valence-electron chi connectivity index (χ4n) is 2.64. The SMILES string of the molecule is CC(Cc1cccs1)N(C)S(=O)(=O)N1CCCC(CO)C1. The van der Waals surface area contributed by atoms with Crippen molar-refractivity contribution in [3.05, 3.63) is 22.4 Å². The number of nitrogens with zero attached hydrogens (tertiary/aromatic N) is 2. The Balaban J connectivity index is 2.03. The maximum Gasteiger partial charge on any atom is 0.281 e. The number of piperidine rings is 1. The van der Waals surface area contributed by atoms with Crippen LogP contribution in [0.15, 0.2) is 17.5 Å². The minimum absolute atomic E-state index is 0.0560. The summed E-state index contributed by atoms with van der Waals surface area (Å²) in [4.78, 5) is 1.19. The second-order valence-corrected chi connectivity index (χ2v) is 8.73. The maximum atomic E-state index is 12.7. The maximum absolute atomic E-state index is 12.7. The van der Waals surface area contributed by atoms with E-state index in [2.05, 4.69) is 0 Å². The van der Waals surface area contributed by atoms with Gasteiger partial charge in [-0.1, -0.05) is 6.07 Å². The van der Waals surface area contributed by atoms with Crippen LogP contribution >= 0.6 is 11.3 Å². The van der Waals surface area contributed by atoms with Crippen LogP contribution < -0.4 is 0 Å². The van der Waals surface area contributed by atoms with Crippen LogP contribution in [0.1, 0.15) is 24.6 Å². The van der Waals surface area contributed by atoms with Gasteiger partial charge in [0.05, 0.1) is 0 Å². The van der Waals surface area contributed by atoms with Crippen LogP contribution in [0.4, 0.5) is 0 Å². The Morgan fingerprint density at radius 2 is 2.33 bits per heavy atom. The number of rotatable bonds is 6. The van der Waals surface area contributed by atoms with Crippen molar-refractivity contribution in [3.63, 3.8) is 0 Å². The minimum Gasteiger partial charge on any atom is -0.396 e. The van der Waals surface area contributed by atoms with E-state index in [0.29, 0.717) is 13.1 Å². The molecule has 2 unspecified atom stereocenters. The zero-order chi connectivity index (χ0) is 15.5. The average Bonchev–Trinajstić information content (AvgIpc) is 2.99. The van der Waals surface area contributed by atoms with Gasteiger partial charge < -0.3 is 5.11 Å². The lowest BCUT2D eigenvalue weighted by Crippen LogP contribution is -2.50. The van der Waals surface area contributed by atoms with Crippen LogP contribution in [0.5, 0.6) is 0 Å². The Morgan fingerprint density at radius 3 is 2.95 bits per heavy atom. The number of hydrogen-bond acceptors (Lipinski definition) is 4. The summed E-state index contributed by atoms with van der Waals surface area (Å²) in [6, 6.07) is 3.94. The standard InChI is InChI=1S/C14H24N2O3S2/c1-12(9-14-6-4-8-20-14)15(2)21(18,19)16-7-3-5-13(10-16)11-17/h4,6,8,12-13,17H,3,5,7,9-11H2,1-2H3. The molecule has 1 saturated heterocycles. The third-order valence-electron chi connectivity index (χ3n) is 4.13. The number of aliphatic hydroxyl groups is 1. The molecule has 2 rings (SSSR count). The van der Waals surface area contributed by atoms with E-state index >= 15 is 0 Å². The molecule has 0 aromatic carbocycles. The molecular formula is C14H24N2O3S2. The Morgan fingerprint density at radius 1 is 1.57 bits per heavy atom. The second kappa shape index (κ2) is 7.19. The molecule has 21 heavy (non-hydrogen) atoms. The summed E-state index contributed by atoms with van der Waals surface area (Å²) in [5.41, 5.74) is 0. The predicted molar refractivity (Wildman–Crippen MR) is 85.6 cm³/mol. The lowest BCUT2D eigenvalue weighted by atomic mass is 10.0. The Kier molecular flexibility index (Phi) is 5.79. The van der Waals surface area contributed by atoms with Crippen molar-refractivity contribution >= 4 is 21.5 Å². The molecular weight excluding hydrogens is 308 g/mol. The molecule has 0 saturated carbocycles. The summed E-state index contributed by atoms with van der Waals surface area (Å²) in [5, 5.41) is 11.3. The first kappa shape index (κ1) is 16.9. The molecule has 0 bridgehead atoms. The molecule has 0 amide bonds. The summed E-state index contributed by atoms with van der Waals surface area (Å²) in [6.07, 6.45) is 2.44. The fraction of sp³-hybridized carbons (Fsp3) is 0.714. The van der Waals surface area contributed by atoms with Crippen molar-refractivity contribution < 1.29 is 13.5 Å². The third-order valence-corrected chi connectivity index (χ3v) is 7.10. The summed E-state index contributed by atoms with van der Waals surface area (Å²) < 4.78 is 28.4. The van der Waals surface area contributed by atoms with Gasteiger partial charge in [-0.15, -0.1) is 11.3 Å². The quantitative estimate of drug-likeness (QED) is 0.860. The molecule has 5 nitrogen and oxygen atoms in total. The predicted octanol–water partition coefficient (Wildman–Crippen LogP) is 1.56. The first-order valence-electron chi connectivity index (χ1n) is 7.31. The molecule has 0 radical (unpaired) electrons. The van der Waals surface area contributed by atoms with Crippen LogP contribution in [-0.2, 0) is 16.6 Å². The van der Waals surface area contributed by atoms with E-state index < -0.39 is 10.2 Å². The van der Waals surface area contributed by atoms with Gasteiger partial charge in [-0.25, -0.2) is 0 Å². The van der Waals surface area contributed by atoms with Crippen molar-refractivity contribution in [1.29, 1.82) is 0 Å². The molecule has 2 heterocycles. The molecule has 1 N–H and O–H groups in total. The third kappa shape index (κ3) is 4.04. The van der Waals surface area contributed by atoms with Crippen LogP contribution in [0.25, 0.3) is 0 Å². The molecule has 7 heteroatoms. The molecule has 1 aromatic heterocycles. The van der Waals surface area contributed by atoms with E-state index in [1.165, 1.54) is 13.5 Å². The van der Waals surface area contributed by atoms with E-state index in [9.17, 15) is 13.5 Å². The fourth-order valence-corrected chi connectivity index (χ4v) is 5.12. The highest BCUT2D eigenvalue weighted by molar-refractivity contribution is 7.86. The first-order chi connectivity index (χ1) is 9.95. The van der Waals surface area contributed by atoms with Crippen LogP contribution in [-0.4, -0.2) is 54.9 Å². The van der Waals surface area contributed by atoms with E-state index in [1.54, 1.807) is 18.4 Å². The van der Waals surface area contributed by atoms with Gasteiger partial charge in [0.1, 0.15) is 0 Å². The van der Waals surface area contributed by atoms with Crippen LogP contribution in [0.3, 0.4) is 0 Å². The summed E-state index contributed by atoms with van der Waals surface area (Å²) >= 11 is 1.65. The van der Waals surface area contributed by atoms with Gasteiger partial charge in [0.2, 0.25) is 0 Å². The van der Waals surface area contributed by atoms with Crippen LogP contribution in [0.2, 0.25) is 0 Å². The largest absolute Gasteiger partial charge is 0.396 e. The lowest BCUT2D eigenvalue weighted by Gasteiger charge is -2.35. The van der Waals surface area contributed by atoms with Gasteiger partial charge in [-0.05, 0) is 43.6 Å². The highest BCUT2D eigenvalue weighted by atomic mass is 32.2. The van der Waals surface area contributed by atoms with Crippen molar-refractivity contribution in [2.75, 3.05) is 26.7 Å². The van der Waals surface area contributed by atoms with E-state index in [1.807, 2.05) is 24.4 Å². The van der Waals surface area contributed by atoms with Gasteiger partial charge in [0.25, 0.3) is 10.2 Å². The van der Waals surface area contributed by atoms with Gasteiger partial charge >= 0.3 is 0 Å². The van der Waals surface area contributed by atoms with Gasteiger partial charge in [-0.2, -0.15) is 17.0 Å². The highest BCUT2D eigenvalue weighted by Crippen LogP contribution is 2.22. The van der Waals surface area contributed by atoms with Crippen molar-refractivity contribution in [2.45, 2.75) is 32.2 Å². The average molecular weight is 332 g/mol. The molecule has 2 atom stereocenters. The second-order valence-electron chi connectivity index (χ2n) is 5.71. The Bertz CT molecular complexity index is 530. The van der Waals surface area contributed by atoms with Crippen molar-refractivity contribution in [1.82, 2.24) is 8.61 Å². The van der Waals surface area contributed by atoms with E-state index in [4.69, 9.17) is 0 Å².